The predicted octanol–water partition coefficient (Wildman–Crippen LogP) is 4.00. The van der Waals surface area contributed by atoms with Crippen LogP contribution in [0.5, 0.6) is 5.75 Å². The second-order valence-electron chi connectivity index (χ2n) is 6.68. The number of hydrogen-bond acceptors (Lipinski definition) is 5. The van der Waals surface area contributed by atoms with Crippen molar-refractivity contribution in [3.05, 3.63) is 53.5 Å². The summed E-state index contributed by atoms with van der Waals surface area (Å²) in [5.41, 5.74) is -0.610. The van der Waals surface area contributed by atoms with Gasteiger partial charge in [-0.25, -0.2) is 22.6 Å². The molecular weight excluding hydrogens is 458 g/mol. The molecule has 0 saturated carbocycles. The molecule has 0 radical (unpaired) electrons. The summed E-state index contributed by atoms with van der Waals surface area (Å²) in [5, 5.41) is 8.88. The second-order valence-corrected chi connectivity index (χ2v) is 9.35. The van der Waals surface area contributed by atoms with Crippen LogP contribution in [0.15, 0.2) is 46.2 Å². The Kier molecular flexibility index (Phi) is 5.26. The number of nitrogens with zero attached hydrogens (tertiary/aromatic N) is 2. The maximum absolute atomic E-state index is 14.9. The van der Waals surface area contributed by atoms with Gasteiger partial charge in [0.05, 0.1) is 28.3 Å². The van der Waals surface area contributed by atoms with Crippen LogP contribution in [0.1, 0.15) is 11.3 Å². The molecule has 12 heteroatoms. The van der Waals surface area contributed by atoms with Crippen LogP contribution in [0.3, 0.4) is 0 Å². The lowest BCUT2D eigenvalue weighted by molar-refractivity contribution is -0.141. The van der Waals surface area contributed by atoms with Gasteiger partial charge in [0.25, 0.3) is 0 Å². The summed E-state index contributed by atoms with van der Waals surface area (Å²) in [6.45, 7) is 0. The van der Waals surface area contributed by atoms with E-state index >= 15 is 0 Å². The standard InChI is InChI=1S/C19H15F4N3O3S2/c1-29-14-7-6-12-16-13(8-9-30-17(12)15(14)20)18(19(21,22)23)25-26(16)10-2-4-11(5-3-10)31(24,27)28/h2-7H,8-9H2,1H3,(H2,24,27,28). The first-order valence-corrected chi connectivity index (χ1v) is 11.4. The number of thioether (sulfide) groups is 1. The van der Waals surface area contributed by atoms with Gasteiger partial charge in [0, 0.05) is 16.9 Å². The van der Waals surface area contributed by atoms with Gasteiger partial charge in [-0.1, -0.05) is 0 Å². The van der Waals surface area contributed by atoms with Gasteiger partial charge >= 0.3 is 6.18 Å². The molecule has 2 aromatic carbocycles. The van der Waals surface area contributed by atoms with Crippen molar-refractivity contribution in [2.75, 3.05) is 12.9 Å². The zero-order valence-corrected chi connectivity index (χ0v) is 17.5. The van der Waals surface area contributed by atoms with Gasteiger partial charge in [-0.15, -0.1) is 11.8 Å². The summed E-state index contributed by atoms with van der Waals surface area (Å²) in [7, 11) is -2.68. The average molecular weight is 473 g/mol. The minimum absolute atomic E-state index is 0.0144. The number of hydrogen-bond donors (Lipinski definition) is 1. The predicted molar refractivity (Wildman–Crippen MR) is 106 cm³/mol. The van der Waals surface area contributed by atoms with Crippen molar-refractivity contribution in [1.82, 2.24) is 9.78 Å². The summed E-state index contributed by atoms with van der Waals surface area (Å²) in [4.78, 5) is -0.0357. The van der Waals surface area contributed by atoms with Gasteiger partial charge in [-0.05, 0) is 42.8 Å². The highest BCUT2D eigenvalue weighted by Crippen LogP contribution is 2.46. The molecule has 0 bridgehead atoms. The number of methoxy groups -OCH3 is 1. The van der Waals surface area contributed by atoms with Crippen molar-refractivity contribution >= 4 is 21.8 Å². The third-order valence-electron chi connectivity index (χ3n) is 4.80. The van der Waals surface area contributed by atoms with Crippen molar-refractivity contribution < 1.29 is 30.7 Å². The monoisotopic (exact) mass is 473 g/mol. The molecule has 0 spiro atoms. The fraction of sp³-hybridized carbons (Fsp3) is 0.211. The number of benzene rings is 2. The largest absolute Gasteiger partial charge is 0.494 e. The first kappa shape index (κ1) is 21.7. The molecule has 0 saturated heterocycles. The number of primary sulfonamides is 1. The molecule has 6 nitrogen and oxygen atoms in total. The molecule has 1 aliphatic rings. The van der Waals surface area contributed by atoms with Crippen molar-refractivity contribution in [2.45, 2.75) is 22.4 Å². The van der Waals surface area contributed by atoms with E-state index in [2.05, 4.69) is 5.10 Å². The number of rotatable bonds is 3. The van der Waals surface area contributed by atoms with E-state index in [9.17, 15) is 26.0 Å². The minimum Gasteiger partial charge on any atom is -0.494 e. The molecule has 0 fully saturated rings. The van der Waals surface area contributed by atoms with E-state index in [0.717, 1.165) is 16.4 Å². The summed E-state index contributed by atoms with van der Waals surface area (Å²) in [5.74, 6) is -0.471. The molecule has 31 heavy (non-hydrogen) atoms. The smallest absolute Gasteiger partial charge is 0.435 e. The fourth-order valence-electron chi connectivity index (χ4n) is 3.43. The van der Waals surface area contributed by atoms with Crippen molar-refractivity contribution in [3.8, 4) is 22.7 Å². The van der Waals surface area contributed by atoms with Gasteiger partial charge < -0.3 is 4.74 Å². The lowest BCUT2D eigenvalue weighted by atomic mass is 10.0. The summed E-state index contributed by atoms with van der Waals surface area (Å²) >= 11 is 1.10. The molecule has 1 aliphatic heterocycles. The van der Waals surface area contributed by atoms with Crippen molar-refractivity contribution in [2.24, 2.45) is 5.14 Å². The number of nitrogens with two attached hydrogens (primary N) is 1. The number of alkyl halides is 3. The van der Waals surface area contributed by atoms with Crippen molar-refractivity contribution in [1.29, 1.82) is 0 Å². The second kappa shape index (κ2) is 7.53. The Bertz CT molecular complexity index is 1270. The first-order chi connectivity index (χ1) is 14.5. The highest BCUT2D eigenvalue weighted by Gasteiger charge is 2.40. The minimum atomic E-state index is -4.73. The molecule has 1 aromatic heterocycles. The van der Waals surface area contributed by atoms with E-state index in [-0.39, 0.29) is 50.2 Å². The fourth-order valence-corrected chi connectivity index (χ4v) is 5.01. The first-order valence-electron chi connectivity index (χ1n) is 8.84. The SMILES string of the molecule is COc1ccc2c(c1F)SCCc1c(C(F)(F)F)nn(-c3ccc(S(N)(=O)=O)cc3)c1-2. The highest BCUT2D eigenvalue weighted by atomic mass is 32.2. The molecule has 2 heterocycles. The van der Waals surface area contributed by atoms with Crippen LogP contribution in [0.25, 0.3) is 16.9 Å². The Hall–Kier alpha value is -2.57. The highest BCUT2D eigenvalue weighted by molar-refractivity contribution is 7.99. The maximum Gasteiger partial charge on any atom is 0.435 e. The summed E-state index contributed by atoms with van der Waals surface area (Å²) < 4.78 is 85.3. The van der Waals surface area contributed by atoms with E-state index in [1.54, 1.807) is 0 Å². The number of halogens is 4. The Labute approximate surface area is 179 Å². The van der Waals surface area contributed by atoms with Crippen LogP contribution in [0.2, 0.25) is 0 Å². The van der Waals surface area contributed by atoms with Crippen LogP contribution in [-0.4, -0.2) is 31.1 Å². The number of aromatic nitrogens is 2. The Balaban J connectivity index is 2.01. The topological polar surface area (TPSA) is 87.2 Å². The quantitative estimate of drug-likeness (QED) is 0.581. The van der Waals surface area contributed by atoms with E-state index < -0.39 is 27.7 Å². The average Bonchev–Trinajstić information content (AvgIpc) is 2.98. The van der Waals surface area contributed by atoms with E-state index in [0.29, 0.717) is 0 Å². The molecule has 4 rings (SSSR count). The zero-order valence-electron chi connectivity index (χ0n) is 15.9. The van der Waals surface area contributed by atoms with Gasteiger partial charge in [-0.2, -0.15) is 18.3 Å². The number of ether oxygens (including phenoxy) is 1. The van der Waals surface area contributed by atoms with E-state index in [1.165, 1.54) is 43.5 Å². The van der Waals surface area contributed by atoms with Crippen LogP contribution in [0.4, 0.5) is 17.6 Å². The summed E-state index contributed by atoms with van der Waals surface area (Å²) in [6.07, 6.45) is -4.71. The molecule has 0 unspecified atom stereocenters. The molecule has 2 N–H and O–H groups in total. The van der Waals surface area contributed by atoms with E-state index in [1.807, 2.05) is 0 Å². The normalized spacial score (nSPS) is 14.0. The number of fused-ring (bicyclic) bond motifs is 3. The number of sulfonamides is 1. The molecular formula is C19H15F4N3O3S2. The van der Waals surface area contributed by atoms with Crippen molar-refractivity contribution in [3.63, 3.8) is 0 Å². The maximum atomic E-state index is 14.9. The van der Waals surface area contributed by atoms with Gasteiger partial charge in [-0.3, -0.25) is 0 Å². The third kappa shape index (κ3) is 3.79. The zero-order chi connectivity index (χ0) is 22.6. The Morgan fingerprint density at radius 1 is 1.16 bits per heavy atom. The molecule has 164 valence electrons. The van der Waals surface area contributed by atoms with Gasteiger partial charge in [0.15, 0.2) is 17.3 Å². The van der Waals surface area contributed by atoms with Gasteiger partial charge in [0.2, 0.25) is 10.0 Å². The van der Waals surface area contributed by atoms with Gasteiger partial charge in [0.1, 0.15) is 0 Å². The lowest BCUT2D eigenvalue weighted by Gasteiger charge is -2.13. The molecule has 0 aliphatic carbocycles. The van der Waals surface area contributed by atoms with Crippen LogP contribution >= 0.6 is 11.8 Å². The molecule has 0 amide bonds. The molecule has 3 aromatic rings. The molecule has 0 atom stereocenters. The van der Waals surface area contributed by atoms with Crippen LogP contribution in [-0.2, 0) is 22.6 Å². The Morgan fingerprint density at radius 3 is 2.42 bits per heavy atom. The Morgan fingerprint density at radius 2 is 1.84 bits per heavy atom. The van der Waals surface area contributed by atoms with E-state index in [4.69, 9.17) is 9.88 Å². The summed E-state index contributed by atoms with van der Waals surface area (Å²) in [6, 6.07) is 7.78. The third-order valence-corrected chi connectivity index (χ3v) is 6.82. The lowest BCUT2D eigenvalue weighted by Crippen LogP contribution is -2.12. The van der Waals surface area contributed by atoms with Crippen LogP contribution in [0, 0.1) is 5.82 Å². The van der Waals surface area contributed by atoms with Crippen LogP contribution < -0.4 is 9.88 Å².